The van der Waals surface area contributed by atoms with E-state index >= 15 is 0 Å². The van der Waals surface area contributed by atoms with Crippen molar-refractivity contribution in [2.45, 2.75) is 25.9 Å². The van der Waals surface area contributed by atoms with Crippen molar-refractivity contribution >= 4 is 0 Å². The number of unbranched alkanes of at least 4 members (excludes halogenated alkanes) is 2. The Hall–Kier alpha value is -1.22. The van der Waals surface area contributed by atoms with E-state index < -0.39 is 0 Å². The van der Waals surface area contributed by atoms with E-state index in [0.717, 1.165) is 42.9 Å². The molecule has 0 heterocycles. The molecule has 0 spiro atoms. The molecule has 95 valence electrons. The summed E-state index contributed by atoms with van der Waals surface area (Å²) in [5.41, 5.74) is 1.09. The van der Waals surface area contributed by atoms with Gasteiger partial charge < -0.3 is 14.2 Å². The fourth-order valence-corrected chi connectivity index (χ4v) is 1.54. The molecule has 1 rings (SSSR count). The topological polar surface area (TPSA) is 27.7 Å². The molecule has 0 saturated carbocycles. The van der Waals surface area contributed by atoms with E-state index in [1.54, 1.807) is 14.2 Å². The molecule has 1 aromatic rings. The van der Waals surface area contributed by atoms with Gasteiger partial charge >= 0.3 is 0 Å². The van der Waals surface area contributed by atoms with E-state index in [1.165, 1.54) is 0 Å². The maximum atomic E-state index is 5.57. The second kappa shape index (κ2) is 7.96. The van der Waals surface area contributed by atoms with Gasteiger partial charge in [-0.25, -0.2) is 0 Å². The average Bonchev–Trinajstić information content (AvgIpc) is 2.38. The normalized spacial score (nSPS) is 10.3. The van der Waals surface area contributed by atoms with Crippen LogP contribution in [0.15, 0.2) is 18.2 Å². The van der Waals surface area contributed by atoms with Crippen molar-refractivity contribution in [3.8, 4) is 11.5 Å². The maximum absolute atomic E-state index is 5.57. The van der Waals surface area contributed by atoms with E-state index in [9.17, 15) is 0 Å². The van der Waals surface area contributed by atoms with E-state index in [4.69, 9.17) is 14.2 Å². The van der Waals surface area contributed by atoms with E-state index in [1.807, 2.05) is 18.2 Å². The van der Waals surface area contributed by atoms with Crippen LogP contribution in [0, 0.1) is 6.92 Å². The molecule has 0 aliphatic carbocycles. The van der Waals surface area contributed by atoms with Crippen LogP contribution in [0.1, 0.15) is 24.8 Å². The van der Waals surface area contributed by atoms with Crippen LogP contribution in [0.2, 0.25) is 0 Å². The molecule has 0 aromatic heterocycles. The fraction of sp³-hybridized carbons (Fsp3) is 0.500. The van der Waals surface area contributed by atoms with E-state index in [2.05, 4.69) is 6.92 Å². The lowest BCUT2D eigenvalue weighted by Crippen LogP contribution is -1.97. The molecule has 0 fully saturated rings. The Morgan fingerprint density at radius 3 is 2.47 bits per heavy atom. The summed E-state index contributed by atoms with van der Waals surface area (Å²) in [5, 5.41) is 0. The minimum atomic E-state index is 0.609. The lowest BCUT2D eigenvalue weighted by atomic mass is 10.2. The van der Waals surface area contributed by atoms with Gasteiger partial charge in [-0.1, -0.05) is 25.8 Å². The summed E-state index contributed by atoms with van der Waals surface area (Å²) in [6.45, 7) is 5.19. The maximum Gasteiger partial charge on any atom is 0.161 e. The first-order chi connectivity index (χ1) is 8.31. The summed E-state index contributed by atoms with van der Waals surface area (Å²) in [5.74, 6) is 1.49. The zero-order chi connectivity index (χ0) is 12.5. The van der Waals surface area contributed by atoms with E-state index in [-0.39, 0.29) is 0 Å². The highest BCUT2D eigenvalue weighted by Crippen LogP contribution is 2.27. The fourth-order valence-electron chi connectivity index (χ4n) is 1.54. The minimum Gasteiger partial charge on any atom is -0.493 e. The monoisotopic (exact) mass is 237 g/mol. The Balaban J connectivity index is 2.43. The molecule has 0 bridgehead atoms. The first kappa shape index (κ1) is 13.8. The highest BCUT2D eigenvalue weighted by Gasteiger charge is 2.04. The van der Waals surface area contributed by atoms with Crippen LogP contribution in [-0.2, 0) is 11.3 Å². The van der Waals surface area contributed by atoms with Crippen molar-refractivity contribution in [3.63, 3.8) is 0 Å². The molecule has 3 nitrogen and oxygen atoms in total. The van der Waals surface area contributed by atoms with Gasteiger partial charge in [0, 0.05) is 6.61 Å². The zero-order valence-corrected chi connectivity index (χ0v) is 10.7. The molecular weight excluding hydrogens is 216 g/mol. The Kier molecular flexibility index (Phi) is 6.48. The van der Waals surface area contributed by atoms with Gasteiger partial charge in [0.2, 0.25) is 0 Å². The number of ether oxygens (including phenoxy) is 3. The molecular formula is C14H21O3. The van der Waals surface area contributed by atoms with Crippen LogP contribution in [-0.4, -0.2) is 20.8 Å². The number of hydrogen-bond acceptors (Lipinski definition) is 3. The summed E-state index contributed by atoms with van der Waals surface area (Å²) in [6.07, 6.45) is 3.16. The van der Waals surface area contributed by atoms with Crippen molar-refractivity contribution < 1.29 is 14.2 Å². The molecule has 3 heteroatoms. The van der Waals surface area contributed by atoms with Gasteiger partial charge in [0.15, 0.2) is 11.5 Å². The Bertz CT molecular complexity index is 323. The van der Waals surface area contributed by atoms with Crippen LogP contribution in [0.4, 0.5) is 0 Å². The molecule has 0 atom stereocenters. The summed E-state index contributed by atoms with van der Waals surface area (Å²) < 4.78 is 16.0. The summed E-state index contributed by atoms with van der Waals surface area (Å²) in [6, 6.07) is 5.83. The third-order valence-electron chi connectivity index (χ3n) is 2.51. The Labute approximate surface area is 104 Å². The third-order valence-corrected chi connectivity index (χ3v) is 2.51. The van der Waals surface area contributed by atoms with Crippen LogP contribution in [0.25, 0.3) is 0 Å². The van der Waals surface area contributed by atoms with Gasteiger partial charge in [0.25, 0.3) is 0 Å². The molecule has 0 aliphatic heterocycles. The molecule has 0 unspecified atom stereocenters. The lowest BCUT2D eigenvalue weighted by molar-refractivity contribution is 0.117. The SMILES string of the molecule is [CH2]CCCCOCc1ccc(OC)c(OC)c1. The first-order valence-electron chi connectivity index (χ1n) is 5.89. The largest absolute Gasteiger partial charge is 0.493 e. The molecule has 0 saturated heterocycles. The second-order valence-electron chi connectivity index (χ2n) is 3.80. The molecule has 17 heavy (non-hydrogen) atoms. The van der Waals surface area contributed by atoms with Crippen LogP contribution < -0.4 is 9.47 Å². The van der Waals surface area contributed by atoms with Gasteiger partial charge in [-0.3, -0.25) is 0 Å². The highest BCUT2D eigenvalue weighted by molar-refractivity contribution is 5.42. The number of methoxy groups -OCH3 is 2. The Morgan fingerprint density at radius 2 is 1.82 bits per heavy atom. The average molecular weight is 237 g/mol. The molecule has 0 aliphatic rings. The van der Waals surface area contributed by atoms with Crippen molar-refractivity contribution in [1.82, 2.24) is 0 Å². The summed E-state index contributed by atoms with van der Waals surface area (Å²) in [4.78, 5) is 0. The quantitative estimate of drug-likeness (QED) is 0.650. The molecule has 0 amide bonds. The first-order valence-corrected chi connectivity index (χ1v) is 5.89. The molecule has 0 N–H and O–H groups in total. The number of benzene rings is 1. The van der Waals surface area contributed by atoms with Crippen LogP contribution in [0.5, 0.6) is 11.5 Å². The smallest absolute Gasteiger partial charge is 0.161 e. The van der Waals surface area contributed by atoms with Crippen LogP contribution in [0.3, 0.4) is 0 Å². The van der Waals surface area contributed by atoms with Crippen LogP contribution >= 0.6 is 0 Å². The number of rotatable bonds is 8. The van der Waals surface area contributed by atoms with Gasteiger partial charge in [0.05, 0.1) is 20.8 Å². The summed E-state index contributed by atoms with van der Waals surface area (Å²) >= 11 is 0. The second-order valence-corrected chi connectivity index (χ2v) is 3.80. The van der Waals surface area contributed by atoms with Gasteiger partial charge in [-0.15, -0.1) is 0 Å². The third kappa shape index (κ3) is 4.65. The predicted molar refractivity (Wildman–Crippen MR) is 68.4 cm³/mol. The van der Waals surface area contributed by atoms with E-state index in [0.29, 0.717) is 6.61 Å². The van der Waals surface area contributed by atoms with Crippen molar-refractivity contribution in [1.29, 1.82) is 0 Å². The van der Waals surface area contributed by atoms with Crippen molar-refractivity contribution in [2.24, 2.45) is 0 Å². The zero-order valence-electron chi connectivity index (χ0n) is 10.7. The summed E-state index contributed by atoms with van der Waals surface area (Å²) in [7, 11) is 3.27. The van der Waals surface area contributed by atoms with Crippen molar-refractivity contribution in [2.75, 3.05) is 20.8 Å². The molecule has 1 aromatic carbocycles. The Morgan fingerprint density at radius 1 is 1.06 bits per heavy atom. The van der Waals surface area contributed by atoms with Gasteiger partial charge in [0.1, 0.15) is 0 Å². The van der Waals surface area contributed by atoms with Gasteiger partial charge in [-0.2, -0.15) is 0 Å². The highest BCUT2D eigenvalue weighted by atomic mass is 16.5. The molecule has 1 radical (unpaired) electrons. The standard InChI is InChI=1S/C14H21O3/c1-4-5-6-9-17-11-12-7-8-13(15-2)14(10-12)16-3/h7-8,10H,1,4-6,9,11H2,2-3H3. The van der Waals surface area contributed by atoms with Gasteiger partial charge in [-0.05, 0) is 24.1 Å². The lowest BCUT2D eigenvalue weighted by Gasteiger charge is -2.09. The minimum absolute atomic E-state index is 0.609. The predicted octanol–water partition coefficient (Wildman–Crippen LogP) is 3.22. The van der Waals surface area contributed by atoms with Crippen molar-refractivity contribution in [3.05, 3.63) is 30.7 Å². The number of hydrogen-bond donors (Lipinski definition) is 0.